The lowest BCUT2D eigenvalue weighted by molar-refractivity contribution is -0.116. The van der Waals surface area contributed by atoms with Crippen LogP contribution in [0.25, 0.3) is 0 Å². The molecule has 5 nitrogen and oxygen atoms in total. The highest BCUT2D eigenvalue weighted by Crippen LogP contribution is 2.30. The van der Waals surface area contributed by atoms with Crippen molar-refractivity contribution < 1.29 is 19.4 Å². The van der Waals surface area contributed by atoms with Gasteiger partial charge in [-0.2, -0.15) is 0 Å². The van der Waals surface area contributed by atoms with Crippen LogP contribution in [0.4, 0.5) is 5.69 Å². The zero-order valence-electron chi connectivity index (χ0n) is 14.8. The van der Waals surface area contributed by atoms with Crippen molar-refractivity contribution in [3.05, 3.63) is 90.0 Å². The Labute approximate surface area is 157 Å². The van der Waals surface area contributed by atoms with Gasteiger partial charge in [-0.1, -0.05) is 48.5 Å². The standard InChI is InChI=1S/C22H19NO4/c1-16(24)23(15-17-8-4-2-5-9-17)21-14-19(12-13-20(21)22(25)26)27-18-10-6-3-7-11-18/h2-14H,15H2,1H3,(H,25,26). The summed E-state index contributed by atoms with van der Waals surface area (Å²) in [7, 11) is 0. The summed E-state index contributed by atoms with van der Waals surface area (Å²) in [6.45, 7) is 1.69. The van der Waals surface area contributed by atoms with Gasteiger partial charge in [0.1, 0.15) is 11.5 Å². The average molecular weight is 361 g/mol. The van der Waals surface area contributed by atoms with E-state index in [0.717, 1.165) is 5.56 Å². The van der Waals surface area contributed by atoms with Gasteiger partial charge < -0.3 is 14.7 Å². The maximum absolute atomic E-state index is 12.3. The number of carbonyl (C=O) groups is 2. The lowest BCUT2D eigenvalue weighted by Crippen LogP contribution is -2.29. The van der Waals surface area contributed by atoms with Gasteiger partial charge >= 0.3 is 5.97 Å². The number of hydrogen-bond acceptors (Lipinski definition) is 3. The van der Waals surface area contributed by atoms with Crippen LogP contribution < -0.4 is 9.64 Å². The smallest absolute Gasteiger partial charge is 0.337 e. The van der Waals surface area contributed by atoms with Crippen LogP contribution in [0.5, 0.6) is 11.5 Å². The van der Waals surface area contributed by atoms with Gasteiger partial charge in [0.25, 0.3) is 0 Å². The lowest BCUT2D eigenvalue weighted by atomic mass is 10.1. The first kappa shape index (κ1) is 18.2. The molecule has 27 heavy (non-hydrogen) atoms. The second-order valence-electron chi connectivity index (χ2n) is 5.99. The van der Waals surface area contributed by atoms with Crippen molar-refractivity contribution in [3.63, 3.8) is 0 Å². The molecule has 0 saturated carbocycles. The van der Waals surface area contributed by atoms with E-state index in [-0.39, 0.29) is 18.0 Å². The van der Waals surface area contributed by atoms with Gasteiger partial charge in [-0.3, -0.25) is 4.79 Å². The van der Waals surface area contributed by atoms with Gasteiger partial charge in [0, 0.05) is 13.0 Å². The molecule has 0 saturated heterocycles. The van der Waals surface area contributed by atoms with Crippen LogP contribution in [0.2, 0.25) is 0 Å². The number of nitrogens with zero attached hydrogens (tertiary/aromatic N) is 1. The minimum Gasteiger partial charge on any atom is -0.478 e. The normalized spacial score (nSPS) is 10.3. The number of ether oxygens (including phenoxy) is 1. The molecule has 0 atom stereocenters. The molecule has 3 aromatic carbocycles. The Hall–Kier alpha value is -3.60. The minimum absolute atomic E-state index is 0.0431. The van der Waals surface area contributed by atoms with Crippen LogP contribution in [-0.4, -0.2) is 17.0 Å². The topological polar surface area (TPSA) is 66.8 Å². The molecule has 0 aliphatic carbocycles. The van der Waals surface area contributed by atoms with Crippen LogP contribution in [0.15, 0.2) is 78.9 Å². The summed E-state index contributed by atoms with van der Waals surface area (Å²) in [5.41, 5.74) is 1.24. The molecule has 0 aromatic heterocycles. The number of para-hydroxylation sites is 1. The van der Waals surface area contributed by atoms with E-state index < -0.39 is 5.97 Å². The number of amides is 1. The van der Waals surface area contributed by atoms with E-state index in [9.17, 15) is 14.7 Å². The molecule has 5 heteroatoms. The Balaban J connectivity index is 1.99. The summed E-state index contributed by atoms with van der Waals surface area (Å²) in [6, 6.07) is 23.2. The molecule has 0 aliphatic heterocycles. The second-order valence-corrected chi connectivity index (χ2v) is 5.99. The van der Waals surface area contributed by atoms with Crippen molar-refractivity contribution in [2.75, 3.05) is 4.90 Å². The van der Waals surface area contributed by atoms with E-state index in [1.54, 1.807) is 24.3 Å². The maximum Gasteiger partial charge on any atom is 0.337 e. The zero-order valence-corrected chi connectivity index (χ0v) is 14.8. The summed E-state index contributed by atoms with van der Waals surface area (Å²) in [5, 5.41) is 9.56. The first-order valence-corrected chi connectivity index (χ1v) is 8.47. The summed E-state index contributed by atoms with van der Waals surface area (Å²) in [5.74, 6) is -0.266. The molecule has 1 N–H and O–H groups in total. The Kier molecular flexibility index (Phi) is 5.52. The predicted molar refractivity (Wildman–Crippen MR) is 103 cm³/mol. The first-order chi connectivity index (χ1) is 13.0. The molecule has 0 fully saturated rings. The highest BCUT2D eigenvalue weighted by atomic mass is 16.5. The third kappa shape index (κ3) is 4.52. The largest absolute Gasteiger partial charge is 0.478 e. The van der Waals surface area contributed by atoms with E-state index in [4.69, 9.17) is 4.74 Å². The molecule has 0 heterocycles. The van der Waals surface area contributed by atoms with Gasteiger partial charge in [0.05, 0.1) is 17.8 Å². The number of carboxylic acid groups (broad SMARTS) is 1. The van der Waals surface area contributed by atoms with E-state index >= 15 is 0 Å². The number of benzene rings is 3. The van der Waals surface area contributed by atoms with Crippen LogP contribution >= 0.6 is 0 Å². The molecule has 0 aliphatic rings. The monoisotopic (exact) mass is 361 g/mol. The molecule has 136 valence electrons. The highest BCUT2D eigenvalue weighted by Gasteiger charge is 2.20. The summed E-state index contributed by atoms with van der Waals surface area (Å²) < 4.78 is 5.80. The quantitative estimate of drug-likeness (QED) is 0.689. The van der Waals surface area contributed by atoms with Gasteiger partial charge in [-0.15, -0.1) is 0 Å². The number of anilines is 1. The third-order valence-electron chi connectivity index (χ3n) is 4.03. The maximum atomic E-state index is 12.3. The van der Waals surface area contributed by atoms with Crippen molar-refractivity contribution in [3.8, 4) is 11.5 Å². The Bertz CT molecular complexity index is 939. The SMILES string of the molecule is CC(=O)N(Cc1ccccc1)c1cc(Oc2ccccc2)ccc1C(=O)O. The van der Waals surface area contributed by atoms with Crippen molar-refractivity contribution in [2.24, 2.45) is 0 Å². The van der Waals surface area contributed by atoms with Crippen molar-refractivity contribution >= 4 is 17.6 Å². The average Bonchev–Trinajstić information content (AvgIpc) is 2.67. The zero-order chi connectivity index (χ0) is 19.2. The molecule has 3 aromatic rings. The van der Waals surface area contributed by atoms with E-state index in [0.29, 0.717) is 17.2 Å². The fraction of sp³-hybridized carbons (Fsp3) is 0.0909. The molecule has 1 amide bonds. The Morgan fingerprint density at radius 3 is 2.11 bits per heavy atom. The number of hydrogen-bond donors (Lipinski definition) is 1. The van der Waals surface area contributed by atoms with Crippen LogP contribution in [0.3, 0.4) is 0 Å². The minimum atomic E-state index is -1.10. The van der Waals surface area contributed by atoms with Gasteiger partial charge in [-0.25, -0.2) is 4.79 Å². The third-order valence-corrected chi connectivity index (χ3v) is 4.03. The number of aromatic carboxylic acids is 1. The molecule has 0 radical (unpaired) electrons. The fourth-order valence-electron chi connectivity index (χ4n) is 2.74. The van der Waals surface area contributed by atoms with Crippen LogP contribution in [0, 0.1) is 0 Å². The Morgan fingerprint density at radius 2 is 1.52 bits per heavy atom. The van der Waals surface area contributed by atoms with Crippen molar-refractivity contribution in [1.29, 1.82) is 0 Å². The summed E-state index contributed by atoms with van der Waals surface area (Å²) >= 11 is 0. The van der Waals surface area contributed by atoms with Gasteiger partial charge in [-0.05, 0) is 29.8 Å². The number of carboxylic acids is 1. The highest BCUT2D eigenvalue weighted by molar-refractivity contribution is 6.01. The lowest BCUT2D eigenvalue weighted by Gasteiger charge is -2.24. The molecule has 0 spiro atoms. The molecule has 0 bridgehead atoms. The number of rotatable bonds is 6. The van der Waals surface area contributed by atoms with Crippen molar-refractivity contribution in [2.45, 2.75) is 13.5 Å². The molecule has 3 rings (SSSR count). The summed E-state index contributed by atoms with van der Waals surface area (Å²) in [4.78, 5) is 25.4. The molecular formula is C22H19NO4. The predicted octanol–water partition coefficient (Wildman–Crippen LogP) is 4.73. The van der Waals surface area contributed by atoms with E-state index in [1.165, 1.54) is 17.9 Å². The molecular weight excluding hydrogens is 342 g/mol. The fourth-order valence-corrected chi connectivity index (χ4v) is 2.74. The summed E-state index contributed by atoms with van der Waals surface area (Å²) in [6.07, 6.45) is 0. The second kappa shape index (κ2) is 8.19. The van der Waals surface area contributed by atoms with E-state index in [1.807, 2.05) is 48.5 Å². The van der Waals surface area contributed by atoms with Crippen LogP contribution in [0.1, 0.15) is 22.8 Å². The van der Waals surface area contributed by atoms with E-state index in [2.05, 4.69) is 0 Å². The first-order valence-electron chi connectivity index (χ1n) is 8.47. The van der Waals surface area contributed by atoms with Crippen LogP contribution in [-0.2, 0) is 11.3 Å². The van der Waals surface area contributed by atoms with Gasteiger partial charge in [0.15, 0.2) is 0 Å². The van der Waals surface area contributed by atoms with Gasteiger partial charge in [0.2, 0.25) is 5.91 Å². The van der Waals surface area contributed by atoms with Crippen molar-refractivity contribution in [1.82, 2.24) is 0 Å². The number of carbonyl (C=O) groups excluding carboxylic acids is 1. The molecule has 0 unspecified atom stereocenters. The Morgan fingerprint density at radius 1 is 0.889 bits per heavy atom.